The van der Waals surface area contributed by atoms with Crippen LogP contribution in [0.3, 0.4) is 0 Å². The van der Waals surface area contributed by atoms with Crippen molar-refractivity contribution in [3.8, 4) is 0 Å². The van der Waals surface area contributed by atoms with Crippen LogP contribution in [-0.4, -0.2) is 12.1 Å². The molecular formula is C15H19BrO3. The second-order valence-electron chi connectivity index (χ2n) is 6.61. The minimum absolute atomic E-state index is 0.0237. The van der Waals surface area contributed by atoms with Crippen LogP contribution in [0.2, 0.25) is 0 Å². The predicted octanol–water partition coefficient (Wildman–Crippen LogP) is 4.41. The van der Waals surface area contributed by atoms with Gasteiger partial charge in [-0.3, -0.25) is 0 Å². The number of halogens is 1. The highest BCUT2D eigenvalue weighted by Crippen LogP contribution is 2.66. The number of hydrogen-bond donors (Lipinski definition) is 0. The van der Waals surface area contributed by atoms with Crippen LogP contribution < -0.4 is 0 Å². The zero-order valence-electron chi connectivity index (χ0n) is 11.5. The number of fused-ring (bicyclic) bond motifs is 2. The van der Waals surface area contributed by atoms with Crippen LogP contribution in [0.25, 0.3) is 0 Å². The van der Waals surface area contributed by atoms with E-state index in [-0.39, 0.29) is 22.9 Å². The van der Waals surface area contributed by atoms with E-state index in [0.717, 1.165) is 12.8 Å². The zero-order chi connectivity index (χ0) is 13.8. The Balaban J connectivity index is 1.79. The third kappa shape index (κ3) is 1.72. The van der Waals surface area contributed by atoms with Crippen molar-refractivity contribution in [3.05, 3.63) is 22.6 Å². The van der Waals surface area contributed by atoms with E-state index in [1.807, 2.05) is 0 Å². The first-order valence-electron chi connectivity index (χ1n) is 6.80. The molecule has 0 saturated heterocycles. The molecule has 0 radical (unpaired) electrons. The average Bonchev–Trinajstić information content (AvgIpc) is 2.90. The fraction of sp³-hybridized carbons (Fsp3) is 0.667. The van der Waals surface area contributed by atoms with Gasteiger partial charge in [0.1, 0.15) is 11.7 Å². The molecule has 3 nitrogen and oxygen atoms in total. The molecule has 0 amide bonds. The number of ether oxygens (including phenoxy) is 1. The van der Waals surface area contributed by atoms with Gasteiger partial charge in [0.05, 0.1) is 6.26 Å². The molecule has 3 unspecified atom stereocenters. The van der Waals surface area contributed by atoms with Crippen molar-refractivity contribution in [2.75, 3.05) is 0 Å². The number of carbonyl (C=O) groups excluding carboxylic acids is 1. The van der Waals surface area contributed by atoms with E-state index in [9.17, 15) is 4.79 Å². The summed E-state index contributed by atoms with van der Waals surface area (Å²) in [5.74, 6) is 0.387. The summed E-state index contributed by atoms with van der Waals surface area (Å²) in [6.45, 7) is 6.89. The van der Waals surface area contributed by atoms with Crippen molar-refractivity contribution < 1.29 is 13.9 Å². The maximum atomic E-state index is 12.2. The number of esters is 1. The van der Waals surface area contributed by atoms with Crippen molar-refractivity contribution in [2.45, 2.75) is 46.1 Å². The molecular weight excluding hydrogens is 308 g/mol. The highest BCUT2D eigenvalue weighted by atomic mass is 79.9. The Labute approximate surface area is 121 Å². The summed E-state index contributed by atoms with van der Waals surface area (Å²) in [6.07, 6.45) is 4.91. The topological polar surface area (TPSA) is 39.4 Å². The first-order valence-corrected chi connectivity index (χ1v) is 7.59. The van der Waals surface area contributed by atoms with Crippen LogP contribution in [-0.2, 0) is 4.74 Å². The SMILES string of the molecule is CC1(C)C2CCC1(C)C(OC(=O)c1ccoc1Br)C2. The fourth-order valence-corrected chi connectivity index (χ4v) is 4.34. The molecule has 2 saturated carbocycles. The number of rotatable bonds is 2. The maximum absolute atomic E-state index is 12.2. The summed E-state index contributed by atoms with van der Waals surface area (Å²) < 4.78 is 11.3. The lowest BCUT2D eigenvalue weighted by molar-refractivity contribution is -0.0243. The van der Waals surface area contributed by atoms with E-state index < -0.39 is 0 Å². The number of furan rings is 1. The first kappa shape index (κ1) is 13.2. The molecule has 4 heteroatoms. The molecule has 104 valence electrons. The van der Waals surface area contributed by atoms with Crippen molar-refractivity contribution in [3.63, 3.8) is 0 Å². The van der Waals surface area contributed by atoms with E-state index in [0.29, 0.717) is 16.2 Å². The highest BCUT2D eigenvalue weighted by molar-refractivity contribution is 9.10. The molecule has 2 aliphatic rings. The van der Waals surface area contributed by atoms with Crippen LogP contribution in [0, 0.1) is 16.7 Å². The summed E-state index contributed by atoms with van der Waals surface area (Å²) in [6, 6.07) is 1.65. The summed E-state index contributed by atoms with van der Waals surface area (Å²) in [7, 11) is 0. The minimum Gasteiger partial charge on any atom is -0.458 e. The van der Waals surface area contributed by atoms with Crippen LogP contribution >= 0.6 is 15.9 Å². The van der Waals surface area contributed by atoms with Gasteiger partial charge < -0.3 is 9.15 Å². The second kappa shape index (κ2) is 4.11. The normalized spacial score (nSPS) is 35.6. The van der Waals surface area contributed by atoms with Gasteiger partial charge in [0, 0.05) is 5.41 Å². The predicted molar refractivity (Wildman–Crippen MR) is 74.8 cm³/mol. The van der Waals surface area contributed by atoms with Crippen LogP contribution in [0.4, 0.5) is 0 Å². The summed E-state index contributed by atoms with van der Waals surface area (Å²) in [4.78, 5) is 12.2. The van der Waals surface area contributed by atoms with E-state index >= 15 is 0 Å². The Morgan fingerprint density at radius 1 is 1.47 bits per heavy atom. The number of hydrogen-bond acceptors (Lipinski definition) is 3. The Kier molecular flexibility index (Phi) is 2.86. The molecule has 1 aromatic rings. The smallest absolute Gasteiger partial charge is 0.342 e. The lowest BCUT2D eigenvalue weighted by atomic mass is 9.70. The Morgan fingerprint density at radius 3 is 2.68 bits per heavy atom. The van der Waals surface area contributed by atoms with Gasteiger partial charge in [0.15, 0.2) is 4.67 Å². The van der Waals surface area contributed by atoms with E-state index in [2.05, 4.69) is 36.7 Å². The largest absolute Gasteiger partial charge is 0.458 e. The van der Waals surface area contributed by atoms with Crippen molar-refractivity contribution in [1.82, 2.24) is 0 Å². The second-order valence-corrected chi connectivity index (χ2v) is 7.33. The van der Waals surface area contributed by atoms with Gasteiger partial charge in [0.25, 0.3) is 0 Å². The van der Waals surface area contributed by atoms with Gasteiger partial charge in [-0.2, -0.15) is 0 Å². The van der Waals surface area contributed by atoms with Gasteiger partial charge in [-0.1, -0.05) is 20.8 Å². The van der Waals surface area contributed by atoms with Crippen molar-refractivity contribution in [1.29, 1.82) is 0 Å². The third-order valence-electron chi connectivity index (χ3n) is 5.80. The molecule has 0 aliphatic heterocycles. The van der Waals surface area contributed by atoms with E-state index in [4.69, 9.17) is 9.15 Å². The monoisotopic (exact) mass is 326 g/mol. The molecule has 2 fully saturated rings. The molecule has 1 heterocycles. The van der Waals surface area contributed by atoms with Gasteiger partial charge in [-0.05, 0) is 52.6 Å². The van der Waals surface area contributed by atoms with Crippen LogP contribution in [0.15, 0.2) is 21.4 Å². The molecule has 0 aromatic carbocycles. The zero-order valence-corrected chi connectivity index (χ0v) is 13.1. The van der Waals surface area contributed by atoms with Crippen molar-refractivity contribution in [2.24, 2.45) is 16.7 Å². The van der Waals surface area contributed by atoms with Crippen LogP contribution in [0.5, 0.6) is 0 Å². The van der Waals surface area contributed by atoms with Crippen molar-refractivity contribution >= 4 is 21.9 Å². The summed E-state index contributed by atoms with van der Waals surface area (Å²) >= 11 is 3.23. The molecule has 1 aromatic heterocycles. The lowest BCUT2D eigenvalue weighted by Crippen LogP contribution is -2.38. The van der Waals surface area contributed by atoms with Gasteiger partial charge >= 0.3 is 5.97 Å². The summed E-state index contributed by atoms with van der Waals surface area (Å²) in [5, 5.41) is 0. The molecule has 3 rings (SSSR count). The molecule has 2 bridgehead atoms. The van der Waals surface area contributed by atoms with Gasteiger partial charge in [-0.15, -0.1) is 0 Å². The Hall–Kier alpha value is -0.770. The highest BCUT2D eigenvalue weighted by Gasteiger charge is 2.62. The Morgan fingerprint density at radius 2 is 2.21 bits per heavy atom. The number of carbonyl (C=O) groups is 1. The maximum Gasteiger partial charge on any atom is 0.342 e. The fourth-order valence-electron chi connectivity index (χ4n) is 3.94. The molecule has 2 aliphatic carbocycles. The van der Waals surface area contributed by atoms with Crippen LogP contribution in [0.1, 0.15) is 50.4 Å². The average molecular weight is 327 g/mol. The van der Waals surface area contributed by atoms with E-state index in [1.165, 1.54) is 12.7 Å². The first-order chi connectivity index (χ1) is 8.86. The van der Waals surface area contributed by atoms with E-state index in [1.54, 1.807) is 6.07 Å². The summed E-state index contributed by atoms with van der Waals surface area (Å²) in [5.41, 5.74) is 0.832. The standard InChI is InChI=1S/C15H19BrO3/c1-14(2)9-4-6-15(14,3)11(8-9)19-13(17)10-5-7-18-12(10)16/h5,7,9,11H,4,6,8H2,1-3H3. The molecule has 0 spiro atoms. The molecule has 19 heavy (non-hydrogen) atoms. The molecule has 3 atom stereocenters. The minimum atomic E-state index is -0.282. The quantitative estimate of drug-likeness (QED) is 0.755. The van der Waals surface area contributed by atoms with Gasteiger partial charge in [-0.25, -0.2) is 4.79 Å². The molecule has 0 N–H and O–H groups in total. The lowest BCUT2D eigenvalue weighted by Gasteiger charge is -2.38. The Bertz CT molecular complexity index is 519. The third-order valence-corrected chi connectivity index (χ3v) is 6.42. The van der Waals surface area contributed by atoms with Gasteiger partial charge in [0.2, 0.25) is 0 Å².